The van der Waals surface area contributed by atoms with E-state index in [-0.39, 0.29) is 24.0 Å². The van der Waals surface area contributed by atoms with Gasteiger partial charge in [0.2, 0.25) is 0 Å². The molecule has 1 aromatic heterocycles. The lowest BCUT2D eigenvalue weighted by Crippen LogP contribution is -2.37. The minimum absolute atomic E-state index is 0. The quantitative estimate of drug-likeness (QED) is 0.311. The number of nitrogens with zero attached hydrogens (tertiary/aromatic N) is 5. The topological polar surface area (TPSA) is 72.3 Å². The van der Waals surface area contributed by atoms with Crippen LogP contribution >= 0.6 is 24.0 Å². The average molecular weight is 490 g/mol. The van der Waals surface area contributed by atoms with Crippen molar-refractivity contribution in [2.45, 2.75) is 26.9 Å². The fraction of sp³-hybridized carbons (Fsp3) is 0.286. The van der Waals surface area contributed by atoms with E-state index in [1.165, 1.54) is 16.7 Å². The maximum absolute atomic E-state index is 6.12. The molecule has 0 aliphatic rings. The smallest absolute Gasteiger partial charge is 0.191 e. The number of hydrogen-bond donors (Lipinski definition) is 1. The number of halogens is 1. The van der Waals surface area contributed by atoms with Crippen LogP contribution in [0.1, 0.15) is 25.0 Å². The summed E-state index contributed by atoms with van der Waals surface area (Å²) in [4.78, 5) is 10.6. The van der Waals surface area contributed by atoms with E-state index in [1.807, 2.05) is 10.7 Å². The molecule has 2 aromatic carbocycles. The summed E-state index contributed by atoms with van der Waals surface area (Å²) in [5.41, 5.74) is 10.8. The number of nitrogens with two attached hydrogens (primary N) is 1. The standard InChI is InChI=1S/C21H26N6.HI/c1-3-26(4-2)21(22)24-13-19-7-5-6-8-20(19)18-11-9-17(10-12-18)14-27-16-23-15-25-27;/h5-12,15-16H,3-4,13-14H2,1-2H3,(H2,22,24);1H. The van der Waals surface area contributed by atoms with Gasteiger partial charge in [-0.2, -0.15) is 5.10 Å². The van der Waals surface area contributed by atoms with E-state index in [1.54, 1.807) is 12.7 Å². The second-order valence-electron chi connectivity index (χ2n) is 6.29. The normalized spacial score (nSPS) is 11.1. The van der Waals surface area contributed by atoms with E-state index < -0.39 is 0 Å². The van der Waals surface area contributed by atoms with Crippen molar-refractivity contribution in [3.8, 4) is 11.1 Å². The summed E-state index contributed by atoms with van der Waals surface area (Å²) in [6.45, 7) is 7.18. The summed E-state index contributed by atoms with van der Waals surface area (Å²) in [7, 11) is 0. The van der Waals surface area contributed by atoms with Crippen molar-refractivity contribution < 1.29 is 0 Å². The van der Waals surface area contributed by atoms with E-state index in [4.69, 9.17) is 5.73 Å². The summed E-state index contributed by atoms with van der Waals surface area (Å²) >= 11 is 0. The molecule has 0 radical (unpaired) electrons. The molecule has 1 heterocycles. The molecule has 0 spiro atoms. The Labute approximate surface area is 183 Å². The molecule has 3 rings (SSSR count). The van der Waals surface area contributed by atoms with E-state index in [0.717, 1.165) is 18.7 Å². The fourth-order valence-corrected chi connectivity index (χ4v) is 3.04. The zero-order chi connectivity index (χ0) is 19.1. The minimum atomic E-state index is 0. The summed E-state index contributed by atoms with van der Waals surface area (Å²) in [6, 6.07) is 16.9. The van der Waals surface area contributed by atoms with Gasteiger partial charge in [-0.25, -0.2) is 14.7 Å². The third kappa shape index (κ3) is 5.54. The molecule has 0 atom stereocenters. The molecule has 148 valence electrons. The van der Waals surface area contributed by atoms with E-state index in [0.29, 0.717) is 19.0 Å². The van der Waals surface area contributed by atoms with Gasteiger partial charge in [0.05, 0.1) is 13.1 Å². The molecular formula is C21H27IN6. The number of hydrogen-bond acceptors (Lipinski definition) is 3. The van der Waals surface area contributed by atoms with Crippen LogP contribution in [0.2, 0.25) is 0 Å². The zero-order valence-corrected chi connectivity index (χ0v) is 18.7. The second kappa shape index (κ2) is 10.8. The SMILES string of the molecule is CCN(CC)C(N)=NCc1ccccc1-c1ccc(Cn2cncn2)cc1.I. The summed E-state index contributed by atoms with van der Waals surface area (Å²) in [5.74, 6) is 0.595. The molecule has 6 nitrogen and oxygen atoms in total. The van der Waals surface area contributed by atoms with Crippen LogP contribution in [0.3, 0.4) is 0 Å². The Balaban J connectivity index is 0.00000280. The van der Waals surface area contributed by atoms with Gasteiger partial charge in [-0.1, -0.05) is 48.5 Å². The van der Waals surface area contributed by atoms with Crippen molar-refractivity contribution in [2.75, 3.05) is 13.1 Å². The van der Waals surface area contributed by atoms with Gasteiger partial charge in [0.1, 0.15) is 12.7 Å². The third-order valence-electron chi connectivity index (χ3n) is 4.59. The van der Waals surface area contributed by atoms with Crippen LogP contribution in [0.15, 0.2) is 66.2 Å². The summed E-state index contributed by atoms with van der Waals surface area (Å²) < 4.78 is 1.81. The Bertz CT molecular complexity index is 870. The molecule has 0 saturated heterocycles. The maximum Gasteiger partial charge on any atom is 0.191 e. The first kappa shape index (κ1) is 21.9. The van der Waals surface area contributed by atoms with Crippen LogP contribution in [0, 0.1) is 0 Å². The molecule has 0 saturated carbocycles. The van der Waals surface area contributed by atoms with Gasteiger partial charge in [0.15, 0.2) is 5.96 Å². The first-order chi connectivity index (χ1) is 13.2. The van der Waals surface area contributed by atoms with Crippen molar-refractivity contribution >= 4 is 29.9 Å². The Kier molecular flexibility index (Phi) is 8.43. The molecule has 2 N–H and O–H groups in total. The second-order valence-corrected chi connectivity index (χ2v) is 6.29. The lowest BCUT2D eigenvalue weighted by molar-refractivity contribution is 0.458. The lowest BCUT2D eigenvalue weighted by atomic mass is 9.98. The Morgan fingerprint density at radius 3 is 2.43 bits per heavy atom. The van der Waals surface area contributed by atoms with Crippen LogP contribution in [-0.4, -0.2) is 38.7 Å². The van der Waals surface area contributed by atoms with Crippen LogP contribution in [0.25, 0.3) is 11.1 Å². The highest BCUT2D eigenvalue weighted by molar-refractivity contribution is 14.0. The lowest BCUT2D eigenvalue weighted by Gasteiger charge is -2.19. The third-order valence-corrected chi connectivity index (χ3v) is 4.59. The van der Waals surface area contributed by atoms with Gasteiger partial charge in [-0.15, -0.1) is 24.0 Å². The number of guanidine groups is 1. The Morgan fingerprint density at radius 1 is 1.07 bits per heavy atom. The molecule has 0 bridgehead atoms. The number of rotatable bonds is 7. The summed E-state index contributed by atoms with van der Waals surface area (Å²) in [6.07, 6.45) is 3.27. The number of benzene rings is 2. The van der Waals surface area contributed by atoms with E-state index in [2.05, 4.69) is 76.3 Å². The van der Waals surface area contributed by atoms with Crippen LogP contribution in [-0.2, 0) is 13.1 Å². The van der Waals surface area contributed by atoms with Gasteiger partial charge in [-0.05, 0) is 36.1 Å². The van der Waals surface area contributed by atoms with E-state index in [9.17, 15) is 0 Å². The number of aliphatic imine (C=N–C) groups is 1. The fourth-order valence-electron chi connectivity index (χ4n) is 3.04. The van der Waals surface area contributed by atoms with Crippen molar-refractivity contribution in [3.05, 3.63) is 72.3 Å². The van der Waals surface area contributed by atoms with E-state index >= 15 is 0 Å². The van der Waals surface area contributed by atoms with Crippen LogP contribution in [0.5, 0.6) is 0 Å². The van der Waals surface area contributed by atoms with Gasteiger partial charge >= 0.3 is 0 Å². The molecule has 0 aliphatic carbocycles. The first-order valence-corrected chi connectivity index (χ1v) is 9.25. The van der Waals surface area contributed by atoms with Crippen molar-refractivity contribution in [1.82, 2.24) is 19.7 Å². The van der Waals surface area contributed by atoms with Crippen molar-refractivity contribution in [2.24, 2.45) is 10.7 Å². The molecule has 28 heavy (non-hydrogen) atoms. The molecule has 0 fully saturated rings. The predicted octanol–water partition coefficient (Wildman–Crippen LogP) is 3.77. The molecule has 0 unspecified atom stereocenters. The molecular weight excluding hydrogens is 463 g/mol. The zero-order valence-electron chi connectivity index (χ0n) is 16.3. The van der Waals surface area contributed by atoms with Gasteiger partial charge < -0.3 is 10.6 Å². The van der Waals surface area contributed by atoms with Crippen molar-refractivity contribution in [3.63, 3.8) is 0 Å². The molecule has 0 amide bonds. The number of aromatic nitrogens is 3. The van der Waals surface area contributed by atoms with Gasteiger partial charge in [-0.3, -0.25) is 0 Å². The molecule has 7 heteroatoms. The molecule has 0 aliphatic heterocycles. The highest BCUT2D eigenvalue weighted by Crippen LogP contribution is 2.25. The van der Waals surface area contributed by atoms with Gasteiger partial charge in [0, 0.05) is 13.1 Å². The molecule has 3 aromatic rings. The highest BCUT2D eigenvalue weighted by atomic mass is 127. The monoisotopic (exact) mass is 490 g/mol. The first-order valence-electron chi connectivity index (χ1n) is 9.25. The minimum Gasteiger partial charge on any atom is -0.370 e. The Morgan fingerprint density at radius 2 is 1.79 bits per heavy atom. The Hall–Kier alpha value is -2.42. The van der Waals surface area contributed by atoms with Crippen molar-refractivity contribution in [1.29, 1.82) is 0 Å². The maximum atomic E-state index is 6.12. The van der Waals surface area contributed by atoms with Gasteiger partial charge in [0.25, 0.3) is 0 Å². The highest BCUT2D eigenvalue weighted by Gasteiger charge is 2.07. The van der Waals surface area contributed by atoms with Crippen LogP contribution < -0.4 is 5.73 Å². The van der Waals surface area contributed by atoms with Crippen LogP contribution in [0.4, 0.5) is 0 Å². The summed E-state index contributed by atoms with van der Waals surface area (Å²) in [5, 5.41) is 4.15. The average Bonchev–Trinajstić information content (AvgIpc) is 3.21. The predicted molar refractivity (Wildman–Crippen MR) is 125 cm³/mol. The largest absolute Gasteiger partial charge is 0.370 e.